The van der Waals surface area contributed by atoms with Crippen molar-refractivity contribution >= 4 is 0 Å². The normalized spacial score (nSPS) is 11.8. The minimum absolute atomic E-state index is 1.22. The highest BCUT2D eigenvalue weighted by atomic mass is 15.0. The van der Waals surface area contributed by atoms with Crippen LogP contribution in [0, 0.1) is 0 Å². The Morgan fingerprint density at radius 1 is 0.545 bits per heavy atom. The number of nitrogens with zero attached hydrogens (tertiary/aromatic N) is 1. The van der Waals surface area contributed by atoms with Gasteiger partial charge in [0.2, 0.25) is 0 Å². The van der Waals surface area contributed by atoms with Gasteiger partial charge in [0.05, 0.1) is 0 Å². The van der Waals surface area contributed by atoms with Crippen molar-refractivity contribution in [1.82, 2.24) is 4.90 Å². The van der Waals surface area contributed by atoms with Crippen LogP contribution >= 0.6 is 0 Å². The zero-order valence-electron chi connectivity index (χ0n) is 15.7. The number of rotatable bonds is 16. The van der Waals surface area contributed by atoms with Gasteiger partial charge in [-0.15, -0.1) is 0 Å². The predicted octanol–water partition coefficient (Wildman–Crippen LogP) is 7.45. The van der Waals surface area contributed by atoms with E-state index in [2.05, 4.69) is 50.3 Å². The average molecular weight is 308 g/mol. The van der Waals surface area contributed by atoms with Crippen LogP contribution < -0.4 is 0 Å². The molecule has 0 bridgehead atoms. The molecule has 0 N–H and O–H groups in total. The van der Waals surface area contributed by atoms with Crippen molar-refractivity contribution in [2.75, 3.05) is 7.05 Å². The molecule has 0 aromatic carbocycles. The third-order valence-electron chi connectivity index (χ3n) is 4.13. The molecule has 1 nitrogen and oxygen atoms in total. The predicted molar refractivity (Wildman–Crippen MR) is 102 cm³/mol. The van der Waals surface area contributed by atoms with E-state index in [-0.39, 0.29) is 0 Å². The van der Waals surface area contributed by atoms with Crippen LogP contribution in [0.3, 0.4) is 0 Å². The quantitative estimate of drug-likeness (QED) is 0.268. The summed E-state index contributed by atoms with van der Waals surface area (Å²) in [5.74, 6) is 0. The first-order valence-corrected chi connectivity index (χ1v) is 9.86. The third-order valence-corrected chi connectivity index (χ3v) is 4.13. The van der Waals surface area contributed by atoms with Gasteiger partial charge in [-0.1, -0.05) is 90.2 Å². The zero-order valence-corrected chi connectivity index (χ0v) is 15.7. The third kappa shape index (κ3) is 17.3. The molecule has 0 aromatic rings. The highest BCUT2D eigenvalue weighted by Gasteiger charge is 1.90. The molecule has 0 saturated heterocycles. The molecule has 0 aliphatic carbocycles. The molecule has 130 valence electrons. The number of hydrogen-bond donors (Lipinski definition) is 0. The van der Waals surface area contributed by atoms with E-state index >= 15 is 0 Å². The summed E-state index contributed by atoms with van der Waals surface area (Å²) < 4.78 is 0. The van der Waals surface area contributed by atoms with E-state index in [9.17, 15) is 0 Å². The lowest BCUT2D eigenvalue weighted by atomic mass is 10.1. The van der Waals surface area contributed by atoms with Gasteiger partial charge in [0.25, 0.3) is 0 Å². The van der Waals surface area contributed by atoms with E-state index in [4.69, 9.17) is 0 Å². The zero-order chi connectivity index (χ0) is 16.3. The number of allylic oxidation sites excluding steroid dienone is 2. The maximum atomic E-state index is 2.31. The summed E-state index contributed by atoms with van der Waals surface area (Å²) in [5, 5.41) is 0. The summed E-state index contributed by atoms with van der Waals surface area (Å²) in [6.45, 7) is 4.55. The van der Waals surface area contributed by atoms with Gasteiger partial charge in [0, 0.05) is 7.05 Å². The molecule has 0 saturated carbocycles. The van der Waals surface area contributed by atoms with Crippen molar-refractivity contribution in [2.24, 2.45) is 0 Å². The Bertz CT molecular complexity index is 229. The first-order valence-electron chi connectivity index (χ1n) is 9.86. The minimum Gasteiger partial charge on any atom is -0.358 e. The summed E-state index contributed by atoms with van der Waals surface area (Å²) in [7, 11) is 2.13. The molecule has 0 rings (SSSR count). The SMILES string of the molecule is CCCCCCCCC=CN(C)C=CCCCCCCCC. The van der Waals surface area contributed by atoms with Gasteiger partial charge in [-0.05, 0) is 38.1 Å². The molecule has 0 aliphatic rings. The second kappa shape index (κ2) is 18.3. The van der Waals surface area contributed by atoms with Gasteiger partial charge in [-0.2, -0.15) is 0 Å². The van der Waals surface area contributed by atoms with Crippen molar-refractivity contribution in [3.63, 3.8) is 0 Å². The lowest BCUT2D eigenvalue weighted by Gasteiger charge is -2.06. The van der Waals surface area contributed by atoms with Gasteiger partial charge in [-0.25, -0.2) is 0 Å². The molecule has 22 heavy (non-hydrogen) atoms. The largest absolute Gasteiger partial charge is 0.358 e. The van der Waals surface area contributed by atoms with Crippen molar-refractivity contribution < 1.29 is 0 Å². The Kier molecular flexibility index (Phi) is 17.7. The molecule has 0 aliphatic heterocycles. The summed E-state index contributed by atoms with van der Waals surface area (Å²) in [6, 6.07) is 0. The average Bonchev–Trinajstić information content (AvgIpc) is 2.52. The monoisotopic (exact) mass is 307 g/mol. The topological polar surface area (TPSA) is 3.24 Å². The molecular weight excluding hydrogens is 266 g/mol. The van der Waals surface area contributed by atoms with Crippen LogP contribution in [-0.4, -0.2) is 11.9 Å². The molecule has 0 spiro atoms. The molecule has 0 atom stereocenters. The van der Waals surface area contributed by atoms with Crippen molar-refractivity contribution in [2.45, 2.75) is 104 Å². The summed E-state index contributed by atoms with van der Waals surface area (Å²) in [6.07, 6.45) is 28.1. The van der Waals surface area contributed by atoms with Crippen molar-refractivity contribution in [1.29, 1.82) is 0 Å². The molecule has 0 amide bonds. The van der Waals surface area contributed by atoms with Crippen molar-refractivity contribution in [3.8, 4) is 0 Å². The van der Waals surface area contributed by atoms with Gasteiger partial charge >= 0.3 is 0 Å². The molecular formula is C21H41N. The maximum absolute atomic E-state index is 2.31. The van der Waals surface area contributed by atoms with Crippen LogP contribution in [0.2, 0.25) is 0 Å². The summed E-state index contributed by atoms with van der Waals surface area (Å²) >= 11 is 0. The van der Waals surface area contributed by atoms with E-state index < -0.39 is 0 Å². The Balaban J connectivity index is 3.37. The van der Waals surface area contributed by atoms with Crippen LogP contribution in [0.1, 0.15) is 104 Å². The summed E-state index contributed by atoms with van der Waals surface area (Å²) in [5.41, 5.74) is 0. The molecule has 0 unspecified atom stereocenters. The fourth-order valence-electron chi connectivity index (χ4n) is 2.62. The van der Waals surface area contributed by atoms with Crippen LogP contribution in [0.15, 0.2) is 24.6 Å². The highest BCUT2D eigenvalue weighted by Crippen LogP contribution is 2.08. The molecule has 0 heterocycles. The van der Waals surface area contributed by atoms with Gasteiger partial charge < -0.3 is 4.90 Å². The standard InChI is InChI=1S/C21H41N/c1-4-6-8-10-12-14-16-18-20-22(3)21-19-17-15-13-11-9-7-5-2/h18-21H,4-17H2,1-3H3. The second-order valence-corrected chi connectivity index (χ2v) is 6.55. The van der Waals surface area contributed by atoms with E-state index in [1.165, 1.54) is 89.9 Å². The first-order chi connectivity index (χ1) is 10.8. The van der Waals surface area contributed by atoms with Crippen LogP contribution in [0.4, 0.5) is 0 Å². The van der Waals surface area contributed by atoms with Crippen LogP contribution in [-0.2, 0) is 0 Å². The molecule has 0 aromatic heterocycles. The van der Waals surface area contributed by atoms with Crippen molar-refractivity contribution in [3.05, 3.63) is 24.6 Å². The van der Waals surface area contributed by atoms with Gasteiger partial charge in [0.15, 0.2) is 0 Å². The molecule has 0 radical (unpaired) electrons. The lowest BCUT2D eigenvalue weighted by molar-refractivity contribution is 0.593. The van der Waals surface area contributed by atoms with Gasteiger partial charge in [0.1, 0.15) is 0 Å². The fraction of sp³-hybridized carbons (Fsp3) is 0.810. The number of hydrogen-bond acceptors (Lipinski definition) is 1. The van der Waals surface area contributed by atoms with E-state index in [0.717, 1.165) is 0 Å². The Morgan fingerprint density at radius 3 is 1.32 bits per heavy atom. The maximum Gasteiger partial charge on any atom is 0.0106 e. The highest BCUT2D eigenvalue weighted by molar-refractivity contribution is 4.90. The Hall–Kier alpha value is -0.720. The number of unbranched alkanes of at least 4 members (excludes halogenated alkanes) is 12. The van der Waals surface area contributed by atoms with E-state index in [1.54, 1.807) is 0 Å². The van der Waals surface area contributed by atoms with E-state index in [0.29, 0.717) is 0 Å². The minimum atomic E-state index is 1.22. The molecule has 1 heteroatoms. The van der Waals surface area contributed by atoms with Gasteiger partial charge in [-0.3, -0.25) is 0 Å². The summed E-state index contributed by atoms with van der Waals surface area (Å²) in [4.78, 5) is 2.19. The van der Waals surface area contributed by atoms with Crippen LogP contribution in [0.25, 0.3) is 0 Å². The first kappa shape index (κ1) is 21.3. The molecule has 0 fully saturated rings. The smallest absolute Gasteiger partial charge is 0.0106 e. The van der Waals surface area contributed by atoms with E-state index in [1.807, 2.05) is 0 Å². The Morgan fingerprint density at radius 2 is 0.909 bits per heavy atom. The second-order valence-electron chi connectivity index (χ2n) is 6.55. The fourth-order valence-corrected chi connectivity index (χ4v) is 2.62. The van der Waals surface area contributed by atoms with Crippen LogP contribution in [0.5, 0.6) is 0 Å². The Labute approximate surface area is 140 Å². The lowest BCUT2D eigenvalue weighted by Crippen LogP contribution is -1.99.